The maximum absolute atomic E-state index is 11.4. The Bertz CT molecular complexity index is 373. The van der Waals surface area contributed by atoms with E-state index in [2.05, 4.69) is 10.5 Å². The number of hydrogen-bond donors (Lipinski definition) is 4. The third kappa shape index (κ3) is 3.18. The smallest absolute Gasteiger partial charge is 0.251 e. The quantitative estimate of drug-likeness (QED) is 0.240. The predicted octanol–water partition coefficient (Wildman–Crippen LogP) is -0.132. The molecule has 1 rings (SSSR count). The number of aromatic hydroxyl groups is 1. The van der Waals surface area contributed by atoms with Gasteiger partial charge >= 0.3 is 0 Å². The van der Waals surface area contributed by atoms with Crippen LogP contribution in [-0.4, -0.2) is 28.6 Å². The van der Waals surface area contributed by atoms with Crippen LogP contribution in [0.5, 0.6) is 5.75 Å². The number of carbonyl (C=O) groups is 1. The summed E-state index contributed by atoms with van der Waals surface area (Å²) in [5.74, 6) is -0.355. The van der Waals surface area contributed by atoms with Gasteiger partial charge in [0.15, 0.2) is 5.84 Å². The molecule has 0 bridgehead atoms. The molecule has 1 aromatic rings. The second-order valence-corrected chi connectivity index (χ2v) is 2.82. The minimum atomic E-state index is -0.360. The average molecular weight is 209 g/mol. The van der Waals surface area contributed by atoms with E-state index in [1.54, 1.807) is 0 Å². The summed E-state index contributed by atoms with van der Waals surface area (Å²) < 4.78 is 0. The molecule has 0 radical (unpaired) electrons. The van der Waals surface area contributed by atoms with Crippen LogP contribution in [0, 0.1) is 0 Å². The van der Waals surface area contributed by atoms with E-state index in [1.807, 2.05) is 0 Å². The zero-order valence-electron chi connectivity index (χ0n) is 7.84. The lowest BCUT2D eigenvalue weighted by molar-refractivity contribution is 0.0959. The highest BCUT2D eigenvalue weighted by Crippen LogP contribution is 2.08. The van der Waals surface area contributed by atoms with E-state index in [0.717, 1.165) is 0 Å². The van der Waals surface area contributed by atoms with Crippen LogP contribution in [0.4, 0.5) is 0 Å². The Labute approximate surface area is 86.0 Å². The third-order valence-corrected chi connectivity index (χ3v) is 1.69. The van der Waals surface area contributed by atoms with Gasteiger partial charge in [-0.05, 0) is 24.3 Å². The number of nitrogens with two attached hydrogens (primary N) is 1. The fourth-order valence-electron chi connectivity index (χ4n) is 0.921. The molecule has 0 heterocycles. The van der Waals surface area contributed by atoms with Crippen LogP contribution in [0.1, 0.15) is 10.4 Å². The van der Waals surface area contributed by atoms with Gasteiger partial charge in [0.25, 0.3) is 5.91 Å². The molecule has 1 aromatic carbocycles. The first kappa shape index (κ1) is 10.8. The van der Waals surface area contributed by atoms with Crippen molar-refractivity contribution in [3.8, 4) is 5.75 Å². The number of phenols is 1. The summed E-state index contributed by atoms with van der Waals surface area (Å²) in [5.41, 5.74) is 5.56. The highest BCUT2D eigenvalue weighted by atomic mass is 16.4. The van der Waals surface area contributed by atoms with Gasteiger partial charge in [-0.1, -0.05) is 5.16 Å². The van der Waals surface area contributed by atoms with Gasteiger partial charge in [0, 0.05) is 5.56 Å². The van der Waals surface area contributed by atoms with Crippen molar-refractivity contribution in [1.29, 1.82) is 0 Å². The molecule has 0 aliphatic carbocycles. The number of oxime groups is 1. The number of phenolic OH excluding ortho intramolecular Hbond substituents is 1. The number of hydrogen-bond acceptors (Lipinski definition) is 4. The van der Waals surface area contributed by atoms with E-state index < -0.39 is 0 Å². The van der Waals surface area contributed by atoms with Crippen molar-refractivity contribution < 1.29 is 15.1 Å². The summed E-state index contributed by atoms with van der Waals surface area (Å²) in [4.78, 5) is 11.4. The Morgan fingerprint density at radius 1 is 1.40 bits per heavy atom. The average Bonchev–Trinajstić information content (AvgIpc) is 2.26. The lowest BCUT2D eigenvalue weighted by Crippen LogP contribution is -2.33. The molecule has 80 valence electrons. The highest BCUT2D eigenvalue weighted by Gasteiger charge is 2.05. The first-order valence-corrected chi connectivity index (χ1v) is 4.17. The van der Waals surface area contributed by atoms with Crippen LogP contribution >= 0.6 is 0 Å². The fraction of sp³-hybridized carbons (Fsp3) is 0.111. The minimum Gasteiger partial charge on any atom is -0.508 e. The number of benzene rings is 1. The summed E-state index contributed by atoms with van der Waals surface area (Å²) in [6, 6.07) is 5.74. The normalized spacial score (nSPS) is 11.1. The van der Waals surface area contributed by atoms with E-state index in [-0.39, 0.29) is 24.0 Å². The molecule has 0 unspecified atom stereocenters. The molecule has 15 heavy (non-hydrogen) atoms. The van der Waals surface area contributed by atoms with Gasteiger partial charge in [-0.15, -0.1) is 0 Å². The fourth-order valence-corrected chi connectivity index (χ4v) is 0.921. The molecule has 0 saturated heterocycles. The van der Waals surface area contributed by atoms with Gasteiger partial charge in [-0.3, -0.25) is 4.79 Å². The van der Waals surface area contributed by atoms with Crippen molar-refractivity contribution >= 4 is 11.7 Å². The topological polar surface area (TPSA) is 108 Å². The van der Waals surface area contributed by atoms with Crippen LogP contribution < -0.4 is 11.1 Å². The predicted molar refractivity (Wildman–Crippen MR) is 53.8 cm³/mol. The summed E-state index contributed by atoms with van der Waals surface area (Å²) in [6.45, 7) is -0.0315. The molecule has 1 amide bonds. The number of amides is 1. The molecule has 0 atom stereocenters. The Kier molecular flexibility index (Phi) is 3.50. The van der Waals surface area contributed by atoms with Crippen LogP contribution in [0.3, 0.4) is 0 Å². The van der Waals surface area contributed by atoms with E-state index in [1.165, 1.54) is 24.3 Å². The maximum Gasteiger partial charge on any atom is 0.251 e. The molecule has 0 aromatic heterocycles. The van der Waals surface area contributed by atoms with Gasteiger partial charge in [0.1, 0.15) is 5.75 Å². The molecule has 0 aliphatic rings. The first-order valence-electron chi connectivity index (χ1n) is 4.17. The monoisotopic (exact) mass is 209 g/mol. The number of nitrogens with zero attached hydrogens (tertiary/aromatic N) is 1. The minimum absolute atomic E-state index is 0.0315. The molecule has 0 fully saturated rings. The zero-order valence-corrected chi connectivity index (χ0v) is 7.84. The van der Waals surface area contributed by atoms with Crippen molar-refractivity contribution in [3.05, 3.63) is 29.8 Å². The second-order valence-electron chi connectivity index (χ2n) is 2.82. The lowest BCUT2D eigenvalue weighted by atomic mass is 10.2. The number of nitrogens with one attached hydrogen (secondary N) is 1. The molecule has 0 saturated carbocycles. The van der Waals surface area contributed by atoms with Gasteiger partial charge in [0.05, 0.1) is 6.54 Å². The van der Waals surface area contributed by atoms with Gasteiger partial charge in [-0.25, -0.2) is 0 Å². The maximum atomic E-state index is 11.4. The van der Waals surface area contributed by atoms with E-state index in [0.29, 0.717) is 5.56 Å². The van der Waals surface area contributed by atoms with Crippen molar-refractivity contribution in [3.63, 3.8) is 0 Å². The molecular weight excluding hydrogens is 198 g/mol. The van der Waals surface area contributed by atoms with Crippen LogP contribution in [0.2, 0.25) is 0 Å². The SMILES string of the molecule is N/C(CNC(=O)c1ccc(O)cc1)=N\O. The summed E-state index contributed by atoms with van der Waals surface area (Å²) in [6.07, 6.45) is 0. The number of rotatable bonds is 3. The van der Waals surface area contributed by atoms with E-state index in [4.69, 9.17) is 16.0 Å². The first-order chi connectivity index (χ1) is 7.13. The van der Waals surface area contributed by atoms with Crippen molar-refractivity contribution in [1.82, 2.24) is 5.32 Å². The van der Waals surface area contributed by atoms with Crippen LogP contribution in [0.15, 0.2) is 29.4 Å². The summed E-state index contributed by atoms with van der Waals surface area (Å²) in [7, 11) is 0. The number of carbonyl (C=O) groups excluding carboxylic acids is 1. The highest BCUT2D eigenvalue weighted by molar-refractivity contribution is 5.96. The largest absolute Gasteiger partial charge is 0.508 e. The molecular formula is C9H11N3O3. The van der Waals surface area contributed by atoms with Gasteiger partial charge in [0.2, 0.25) is 0 Å². The molecule has 6 heteroatoms. The van der Waals surface area contributed by atoms with Crippen molar-refractivity contribution in [2.45, 2.75) is 0 Å². The van der Waals surface area contributed by atoms with Crippen LogP contribution in [-0.2, 0) is 0 Å². The summed E-state index contributed by atoms with van der Waals surface area (Å²) >= 11 is 0. The van der Waals surface area contributed by atoms with Gasteiger partial charge < -0.3 is 21.4 Å². The van der Waals surface area contributed by atoms with Crippen molar-refractivity contribution in [2.75, 3.05) is 6.54 Å². The Morgan fingerprint density at radius 3 is 2.53 bits per heavy atom. The zero-order chi connectivity index (χ0) is 11.3. The molecule has 6 nitrogen and oxygen atoms in total. The lowest BCUT2D eigenvalue weighted by Gasteiger charge is -2.03. The molecule has 0 spiro atoms. The number of amidine groups is 1. The van der Waals surface area contributed by atoms with Gasteiger partial charge in [-0.2, -0.15) is 0 Å². The molecule has 5 N–H and O–H groups in total. The Hall–Kier alpha value is -2.24. The van der Waals surface area contributed by atoms with E-state index >= 15 is 0 Å². The van der Waals surface area contributed by atoms with Crippen LogP contribution in [0.25, 0.3) is 0 Å². The summed E-state index contributed by atoms with van der Waals surface area (Å²) in [5, 5.41) is 22.4. The van der Waals surface area contributed by atoms with E-state index in [9.17, 15) is 4.79 Å². The Morgan fingerprint density at radius 2 is 2.00 bits per heavy atom. The molecule has 0 aliphatic heterocycles. The standard InChI is InChI=1S/C9H11N3O3/c10-8(12-15)5-11-9(14)6-1-3-7(13)4-2-6/h1-4,13,15H,5H2,(H2,10,12)(H,11,14). The second kappa shape index (κ2) is 4.85. The van der Waals surface area contributed by atoms with Crippen molar-refractivity contribution in [2.24, 2.45) is 10.9 Å². The third-order valence-electron chi connectivity index (χ3n) is 1.69. The Balaban J connectivity index is 2.58.